The van der Waals surface area contributed by atoms with E-state index in [4.69, 9.17) is 33.2 Å². The van der Waals surface area contributed by atoms with Gasteiger partial charge in [0.1, 0.15) is 23.0 Å². The van der Waals surface area contributed by atoms with Crippen molar-refractivity contribution in [1.82, 2.24) is 0 Å². The van der Waals surface area contributed by atoms with Crippen LogP contribution in [0, 0.1) is 11.3 Å². The second-order valence-electron chi connectivity index (χ2n) is 24.2. The molecular formula is C78H109NO10. The monoisotopic (exact) mass is 1220 g/mol. The Morgan fingerprint density at radius 1 is 0.348 bits per heavy atom. The molecule has 5 rings (SSSR count). The van der Waals surface area contributed by atoms with Crippen molar-refractivity contribution >= 4 is 17.9 Å². The molecule has 8 bridgehead atoms. The van der Waals surface area contributed by atoms with Crippen molar-refractivity contribution in [1.29, 1.82) is 5.26 Å². The van der Waals surface area contributed by atoms with Crippen LogP contribution in [-0.4, -0.2) is 64.2 Å². The third-order valence-corrected chi connectivity index (χ3v) is 16.5. The smallest absolute Gasteiger partial charge is 0.330 e. The predicted molar refractivity (Wildman–Crippen MR) is 361 cm³/mol. The van der Waals surface area contributed by atoms with E-state index in [1.807, 2.05) is 0 Å². The molecule has 1 aliphatic rings. The van der Waals surface area contributed by atoms with E-state index in [2.05, 4.69) is 102 Å². The summed E-state index contributed by atoms with van der Waals surface area (Å²) in [6, 6.07) is 20.9. The zero-order chi connectivity index (χ0) is 63.7. The Labute approximate surface area is 536 Å². The predicted octanol–water partition coefficient (Wildman–Crippen LogP) is 18.6. The highest BCUT2D eigenvalue weighted by Gasteiger charge is 2.25. The first-order valence-electron chi connectivity index (χ1n) is 34.4. The Kier molecular flexibility index (Phi) is 35.9. The van der Waals surface area contributed by atoms with Crippen molar-refractivity contribution in [3.63, 3.8) is 0 Å². The molecule has 0 atom stereocenters. The van der Waals surface area contributed by atoms with E-state index in [9.17, 15) is 19.6 Å². The third kappa shape index (κ3) is 27.1. The minimum atomic E-state index is -0.440. The van der Waals surface area contributed by atoms with Gasteiger partial charge >= 0.3 is 17.9 Å². The first-order valence-corrected chi connectivity index (χ1v) is 34.4. The molecule has 4 aromatic carbocycles. The lowest BCUT2D eigenvalue weighted by Gasteiger charge is -2.25. The highest BCUT2D eigenvalue weighted by atomic mass is 16.5. The fraction of sp³-hybridized carbons (Fsp3) is 0.564. The van der Waals surface area contributed by atoms with E-state index >= 15 is 0 Å². The Balaban J connectivity index is 1.91. The number of aryl methyl sites for hydroxylation is 4. The lowest BCUT2D eigenvalue weighted by Crippen LogP contribution is -2.12. The molecule has 89 heavy (non-hydrogen) atoms. The number of unbranched alkanes of at least 4 members (excludes halogenated alkanes) is 17. The van der Waals surface area contributed by atoms with Crippen LogP contribution in [0.5, 0.6) is 23.0 Å². The molecule has 0 radical (unpaired) electrons. The highest BCUT2D eigenvalue weighted by Crippen LogP contribution is 2.42. The van der Waals surface area contributed by atoms with Crippen molar-refractivity contribution in [2.75, 3.05) is 46.2 Å². The molecule has 11 heteroatoms. The molecular weight excluding hydrogens is 1110 g/mol. The summed E-state index contributed by atoms with van der Waals surface area (Å²) in [7, 11) is 0. The second-order valence-corrected chi connectivity index (χ2v) is 24.2. The molecule has 0 unspecified atom stereocenters. The Bertz CT molecular complexity index is 2700. The van der Waals surface area contributed by atoms with E-state index in [-0.39, 0.29) is 19.8 Å². The number of hydrogen-bond donors (Lipinski definition) is 0. The first-order chi connectivity index (χ1) is 43.6. The van der Waals surface area contributed by atoms with Crippen LogP contribution < -0.4 is 18.9 Å². The van der Waals surface area contributed by atoms with Crippen molar-refractivity contribution in [3.8, 4) is 29.1 Å². The van der Waals surface area contributed by atoms with Crippen molar-refractivity contribution in [2.45, 2.75) is 240 Å². The van der Waals surface area contributed by atoms with Gasteiger partial charge in [-0.3, -0.25) is 0 Å². The fourth-order valence-electron chi connectivity index (χ4n) is 11.9. The maximum atomic E-state index is 12.3. The number of fused-ring (bicyclic) bond motifs is 8. The number of nitrogens with zero attached hydrogens (tertiary/aromatic N) is 1. The summed E-state index contributed by atoms with van der Waals surface area (Å²) in [5.74, 6) is 2.16. The van der Waals surface area contributed by atoms with Gasteiger partial charge in [0.05, 0.1) is 52.3 Å². The van der Waals surface area contributed by atoms with Gasteiger partial charge in [-0.25, -0.2) is 14.4 Å². The maximum Gasteiger partial charge on any atom is 0.330 e. The molecule has 0 N–H and O–H groups in total. The molecule has 0 heterocycles. The second kappa shape index (κ2) is 43.8. The number of benzene rings is 4. The summed E-state index contributed by atoms with van der Waals surface area (Å²) < 4.78 is 45.7. The molecule has 0 fully saturated rings. The first kappa shape index (κ1) is 72.9. The third-order valence-electron chi connectivity index (χ3n) is 16.5. The van der Waals surface area contributed by atoms with Gasteiger partial charge in [-0.2, -0.15) is 5.26 Å². The van der Waals surface area contributed by atoms with Gasteiger partial charge in [-0.1, -0.05) is 199 Å². The van der Waals surface area contributed by atoms with Gasteiger partial charge in [0.15, 0.2) is 0 Å². The maximum absolute atomic E-state index is 12.3. The number of carbonyl (C=O) groups excluding carboxylic acids is 3. The van der Waals surface area contributed by atoms with Gasteiger partial charge in [0.2, 0.25) is 0 Å². The molecule has 4 aromatic rings. The Morgan fingerprint density at radius 3 is 0.787 bits per heavy atom. The zero-order valence-electron chi connectivity index (χ0n) is 55.3. The van der Waals surface area contributed by atoms with E-state index in [1.165, 1.54) is 43.9 Å². The van der Waals surface area contributed by atoms with Crippen LogP contribution >= 0.6 is 0 Å². The Hall–Kier alpha value is -6.80. The van der Waals surface area contributed by atoms with Crippen LogP contribution in [0.25, 0.3) is 0 Å². The number of hydrogen-bond acceptors (Lipinski definition) is 11. The van der Waals surface area contributed by atoms with Gasteiger partial charge in [0.25, 0.3) is 0 Å². The lowest BCUT2D eigenvalue weighted by atomic mass is 9.87. The van der Waals surface area contributed by atoms with E-state index in [1.54, 1.807) is 0 Å². The van der Waals surface area contributed by atoms with Crippen LogP contribution in [-0.2, 0) is 80.0 Å². The minimum absolute atomic E-state index is 0.254. The summed E-state index contributed by atoms with van der Waals surface area (Å²) in [6.45, 7) is 22.9. The van der Waals surface area contributed by atoms with E-state index in [0.29, 0.717) is 97.1 Å². The molecule has 0 amide bonds. The van der Waals surface area contributed by atoms with Crippen molar-refractivity contribution in [2.24, 2.45) is 0 Å². The summed E-state index contributed by atoms with van der Waals surface area (Å²) in [5, 5.41) is 9.85. The average Bonchev–Trinajstić information content (AvgIpc) is 1.11. The van der Waals surface area contributed by atoms with Gasteiger partial charge < -0.3 is 33.2 Å². The van der Waals surface area contributed by atoms with Crippen LogP contribution in [0.15, 0.2) is 86.5 Å². The molecule has 0 spiro atoms. The number of carbonyl (C=O) groups is 3. The summed E-state index contributed by atoms with van der Waals surface area (Å²) in [4.78, 5) is 37.0. The SMILES string of the molecule is C=CC(=O)OCCCc1cc2c(OCCCCCCC)c(c1)Cc1cc(CCCOC(=O)C=C)cc(c1OCCCCCCC)Cc1cc(CCCOC(=O)C=C)cc(c1OCCCCCCC)Cc1cc(CCCC#N)cc(c1OCCCCCCC)C2. The normalized spacial score (nSPS) is 11.7. The molecule has 0 aliphatic heterocycles. The molecule has 1 aliphatic carbocycles. The van der Waals surface area contributed by atoms with Crippen LogP contribution in [0.4, 0.5) is 0 Å². The van der Waals surface area contributed by atoms with Gasteiger partial charge in [-0.15, -0.1) is 0 Å². The van der Waals surface area contributed by atoms with Crippen molar-refractivity contribution in [3.05, 3.63) is 153 Å². The zero-order valence-corrected chi connectivity index (χ0v) is 55.3. The Morgan fingerprint density at radius 2 is 0.573 bits per heavy atom. The number of rotatable bonds is 46. The largest absolute Gasteiger partial charge is 0.493 e. The minimum Gasteiger partial charge on any atom is -0.493 e. The summed E-state index contributed by atoms with van der Waals surface area (Å²) >= 11 is 0. The summed E-state index contributed by atoms with van der Waals surface area (Å²) in [6.07, 6.45) is 33.3. The molecule has 0 saturated carbocycles. The highest BCUT2D eigenvalue weighted by molar-refractivity contribution is 5.81. The lowest BCUT2D eigenvalue weighted by molar-refractivity contribution is -0.138. The standard InChI is InChI=1S/C78H109NO10/c1-8-15-19-23-29-41-86-75-64-48-60(36-27-28-40-79)49-65(75)57-67-51-62(38-34-46-84-73(81)13-6)53-69(77(67)88-43-31-25-21-17-10-3)59-71-55-63(39-35-47-85-74(82)14-7)54-70(78(71)89-44-32-26-22-18-11-4)58-68-52-61(37-33-45-83-72(80)12-5)50-66(56-64)76(68)87-42-30-24-20-16-9-2/h12-14,48-55H,5-11,15-39,41-47,56-59H2,1-4H3. The quantitative estimate of drug-likeness (QED) is 0.0159. The number of esters is 3. The number of nitriles is 1. The van der Waals surface area contributed by atoms with Crippen LogP contribution in [0.2, 0.25) is 0 Å². The van der Waals surface area contributed by atoms with Crippen LogP contribution in [0.3, 0.4) is 0 Å². The fourth-order valence-corrected chi connectivity index (χ4v) is 11.9. The van der Waals surface area contributed by atoms with Crippen molar-refractivity contribution < 1.29 is 47.5 Å². The molecule has 11 nitrogen and oxygen atoms in total. The molecule has 0 saturated heterocycles. The van der Waals surface area contributed by atoms with Crippen LogP contribution in [0.1, 0.15) is 255 Å². The van der Waals surface area contributed by atoms with E-state index < -0.39 is 17.9 Å². The van der Waals surface area contributed by atoms with E-state index in [0.717, 1.165) is 205 Å². The van der Waals surface area contributed by atoms with Gasteiger partial charge in [-0.05, 0) is 144 Å². The summed E-state index contributed by atoms with van der Waals surface area (Å²) in [5.41, 5.74) is 12.9. The topological polar surface area (TPSA) is 140 Å². The van der Waals surface area contributed by atoms with Gasteiger partial charge in [0, 0.05) is 50.3 Å². The molecule has 0 aromatic heterocycles. The molecule has 486 valence electrons. The average molecular weight is 1220 g/mol. The number of ether oxygens (including phenoxy) is 7.